The first kappa shape index (κ1) is 12.4. The maximum atomic E-state index is 13.9. The molecule has 0 amide bonds. The fourth-order valence-electron chi connectivity index (χ4n) is 2.08. The molecule has 19 heavy (non-hydrogen) atoms. The van der Waals surface area contributed by atoms with Gasteiger partial charge in [0.25, 0.3) is 0 Å². The van der Waals surface area contributed by atoms with Crippen molar-refractivity contribution in [2.24, 2.45) is 0 Å². The maximum Gasteiger partial charge on any atom is 0.144 e. The maximum absolute atomic E-state index is 13.9. The van der Waals surface area contributed by atoms with E-state index in [1.54, 1.807) is 18.2 Å². The summed E-state index contributed by atoms with van der Waals surface area (Å²) >= 11 is 3.22. The highest BCUT2D eigenvalue weighted by Gasteiger charge is 2.23. The molecule has 0 saturated heterocycles. The molecule has 0 bridgehead atoms. The Morgan fingerprint density at radius 3 is 2.79 bits per heavy atom. The van der Waals surface area contributed by atoms with E-state index in [0.29, 0.717) is 28.0 Å². The summed E-state index contributed by atoms with van der Waals surface area (Å²) in [6, 6.07) is 9.08. The summed E-state index contributed by atoms with van der Waals surface area (Å²) in [6.07, 6.45) is -0.425. The van der Waals surface area contributed by atoms with E-state index >= 15 is 0 Å². The van der Waals surface area contributed by atoms with Crippen LogP contribution in [0.3, 0.4) is 0 Å². The van der Waals surface area contributed by atoms with Crippen molar-refractivity contribution in [3.05, 3.63) is 58.1 Å². The molecule has 1 aliphatic heterocycles. The summed E-state index contributed by atoms with van der Waals surface area (Å²) < 4.78 is 33.3. The number of fused-ring (bicyclic) bond motifs is 1. The number of nitrogens with one attached hydrogen (secondary N) is 1. The Morgan fingerprint density at radius 1 is 1.16 bits per heavy atom. The van der Waals surface area contributed by atoms with Gasteiger partial charge in [-0.15, -0.1) is 0 Å². The summed E-state index contributed by atoms with van der Waals surface area (Å²) in [4.78, 5) is 0. The Kier molecular flexibility index (Phi) is 3.14. The number of hydrogen-bond donors (Lipinski definition) is 1. The van der Waals surface area contributed by atoms with Crippen LogP contribution in [0.1, 0.15) is 11.7 Å². The van der Waals surface area contributed by atoms with Crippen LogP contribution in [0.25, 0.3) is 0 Å². The van der Waals surface area contributed by atoms with Crippen molar-refractivity contribution < 1.29 is 13.5 Å². The fraction of sp³-hybridized carbons (Fsp3) is 0.143. The van der Waals surface area contributed by atoms with Crippen LogP contribution in [0.15, 0.2) is 40.9 Å². The molecule has 1 atom stereocenters. The van der Waals surface area contributed by atoms with Gasteiger partial charge in [-0.05, 0) is 24.3 Å². The summed E-state index contributed by atoms with van der Waals surface area (Å²) in [5, 5.41) is 3.05. The smallest absolute Gasteiger partial charge is 0.144 e. The zero-order chi connectivity index (χ0) is 13.4. The molecule has 1 heterocycles. The first-order valence-corrected chi connectivity index (χ1v) is 6.58. The van der Waals surface area contributed by atoms with Gasteiger partial charge < -0.3 is 10.1 Å². The zero-order valence-electron chi connectivity index (χ0n) is 9.79. The Morgan fingerprint density at radius 2 is 2.00 bits per heavy atom. The molecule has 0 aliphatic carbocycles. The largest absolute Gasteiger partial charge is 0.482 e. The lowest BCUT2D eigenvalue weighted by Crippen LogP contribution is -2.24. The fourth-order valence-corrected chi connectivity index (χ4v) is 2.41. The normalized spacial score (nSPS) is 17.3. The number of rotatable bonds is 1. The third kappa shape index (κ3) is 2.42. The van der Waals surface area contributed by atoms with Gasteiger partial charge in [0.15, 0.2) is 0 Å². The lowest BCUT2D eigenvalue weighted by molar-refractivity contribution is 0.205. The van der Waals surface area contributed by atoms with E-state index in [1.807, 2.05) is 0 Å². The second kappa shape index (κ2) is 4.81. The SMILES string of the molecule is Fc1ccc2c(c1)NCC(c1ccc(Br)cc1F)O2. The average molecular weight is 326 g/mol. The number of hydrogen-bond acceptors (Lipinski definition) is 2. The molecular weight excluding hydrogens is 316 g/mol. The molecule has 0 fully saturated rings. The Hall–Kier alpha value is -1.62. The second-order valence-corrected chi connectivity index (χ2v) is 5.21. The Balaban J connectivity index is 1.91. The lowest BCUT2D eigenvalue weighted by atomic mass is 10.1. The third-order valence-corrected chi connectivity index (χ3v) is 3.49. The summed E-state index contributed by atoms with van der Waals surface area (Å²) in [6.45, 7) is 0.398. The third-order valence-electron chi connectivity index (χ3n) is 3.00. The second-order valence-electron chi connectivity index (χ2n) is 4.29. The molecule has 0 saturated carbocycles. The topological polar surface area (TPSA) is 21.3 Å². The van der Waals surface area contributed by atoms with Crippen LogP contribution in [-0.4, -0.2) is 6.54 Å². The molecule has 3 rings (SSSR count). The van der Waals surface area contributed by atoms with Crippen molar-refractivity contribution in [3.8, 4) is 5.75 Å². The number of anilines is 1. The lowest BCUT2D eigenvalue weighted by Gasteiger charge is -2.27. The van der Waals surface area contributed by atoms with E-state index in [0.717, 1.165) is 0 Å². The first-order valence-electron chi connectivity index (χ1n) is 5.78. The number of ether oxygens (including phenoxy) is 1. The monoisotopic (exact) mass is 325 g/mol. The van der Waals surface area contributed by atoms with Gasteiger partial charge in [0, 0.05) is 16.1 Å². The van der Waals surface area contributed by atoms with Crippen LogP contribution in [-0.2, 0) is 0 Å². The van der Waals surface area contributed by atoms with Gasteiger partial charge in [-0.3, -0.25) is 0 Å². The molecule has 1 aliphatic rings. The van der Waals surface area contributed by atoms with Crippen LogP contribution in [0.2, 0.25) is 0 Å². The Labute approximate surface area is 117 Å². The molecule has 5 heteroatoms. The summed E-state index contributed by atoms with van der Waals surface area (Å²) in [5.74, 6) is -0.130. The van der Waals surface area contributed by atoms with Crippen LogP contribution in [0.4, 0.5) is 14.5 Å². The molecule has 98 valence electrons. The zero-order valence-corrected chi connectivity index (χ0v) is 11.4. The minimum Gasteiger partial charge on any atom is -0.482 e. The van der Waals surface area contributed by atoms with Crippen molar-refractivity contribution >= 4 is 21.6 Å². The minimum atomic E-state index is -0.425. The van der Waals surface area contributed by atoms with E-state index in [-0.39, 0.29) is 11.6 Å². The van der Waals surface area contributed by atoms with Gasteiger partial charge in [-0.1, -0.05) is 22.0 Å². The van der Waals surface area contributed by atoms with Crippen molar-refractivity contribution in [3.63, 3.8) is 0 Å². The molecule has 0 spiro atoms. The van der Waals surface area contributed by atoms with Gasteiger partial charge >= 0.3 is 0 Å². The molecule has 1 unspecified atom stereocenters. The molecule has 2 aromatic rings. The van der Waals surface area contributed by atoms with Crippen molar-refractivity contribution in [1.29, 1.82) is 0 Å². The molecule has 2 nitrogen and oxygen atoms in total. The van der Waals surface area contributed by atoms with E-state index in [1.165, 1.54) is 18.2 Å². The van der Waals surface area contributed by atoms with Gasteiger partial charge in [0.1, 0.15) is 23.5 Å². The number of benzene rings is 2. The van der Waals surface area contributed by atoms with E-state index in [2.05, 4.69) is 21.2 Å². The van der Waals surface area contributed by atoms with Crippen LogP contribution < -0.4 is 10.1 Å². The van der Waals surface area contributed by atoms with Gasteiger partial charge in [-0.2, -0.15) is 0 Å². The van der Waals surface area contributed by atoms with Crippen LogP contribution >= 0.6 is 15.9 Å². The van der Waals surface area contributed by atoms with Crippen molar-refractivity contribution in [1.82, 2.24) is 0 Å². The molecule has 0 radical (unpaired) electrons. The molecular formula is C14H10BrF2NO. The summed E-state index contributed by atoms with van der Waals surface area (Å²) in [7, 11) is 0. The molecule has 1 N–H and O–H groups in total. The van der Waals surface area contributed by atoms with Gasteiger partial charge in [0.05, 0.1) is 12.2 Å². The van der Waals surface area contributed by atoms with Crippen LogP contribution in [0, 0.1) is 11.6 Å². The van der Waals surface area contributed by atoms with Crippen LogP contribution in [0.5, 0.6) is 5.75 Å². The predicted molar refractivity (Wildman–Crippen MR) is 72.4 cm³/mol. The Bertz CT molecular complexity index is 633. The standard InChI is InChI=1S/C14H10BrF2NO/c15-8-1-3-10(11(17)5-8)14-7-18-12-6-9(16)2-4-13(12)19-14/h1-6,14,18H,7H2. The van der Waals surface area contributed by atoms with Crippen molar-refractivity contribution in [2.45, 2.75) is 6.10 Å². The van der Waals surface area contributed by atoms with E-state index in [4.69, 9.17) is 4.74 Å². The minimum absolute atomic E-state index is 0.327. The average Bonchev–Trinajstić information content (AvgIpc) is 2.38. The van der Waals surface area contributed by atoms with E-state index < -0.39 is 6.10 Å². The predicted octanol–water partition coefficient (Wildman–Crippen LogP) is 4.27. The van der Waals surface area contributed by atoms with Crippen molar-refractivity contribution in [2.75, 3.05) is 11.9 Å². The highest BCUT2D eigenvalue weighted by Crippen LogP contribution is 2.35. The van der Waals surface area contributed by atoms with Gasteiger partial charge in [-0.25, -0.2) is 8.78 Å². The highest BCUT2D eigenvalue weighted by molar-refractivity contribution is 9.10. The quantitative estimate of drug-likeness (QED) is 0.845. The summed E-state index contributed by atoms with van der Waals surface area (Å²) in [5.41, 5.74) is 1.07. The first-order chi connectivity index (χ1) is 9.13. The highest BCUT2D eigenvalue weighted by atomic mass is 79.9. The van der Waals surface area contributed by atoms with Gasteiger partial charge in [0.2, 0.25) is 0 Å². The molecule has 0 aromatic heterocycles. The molecule has 2 aromatic carbocycles. The number of halogens is 3. The van der Waals surface area contributed by atoms with E-state index in [9.17, 15) is 8.78 Å².